The number of nitrogens with one attached hydrogen (secondary N) is 1. The first kappa shape index (κ1) is 16.7. The van der Waals surface area contributed by atoms with Crippen molar-refractivity contribution in [3.63, 3.8) is 0 Å². The molecule has 1 atom stereocenters. The van der Waals surface area contributed by atoms with Gasteiger partial charge in [0.1, 0.15) is 0 Å². The van der Waals surface area contributed by atoms with Crippen molar-refractivity contribution in [2.45, 2.75) is 12.5 Å². The molecule has 0 aromatic heterocycles. The monoisotopic (exact) mass is 289 g/mol. The van der Waals surface area contributed by atoms with E-state index in [4.69, 9.17) is 14.9 Å². The second-order valence-electron chi connectivity index (χ2n) is 4.69. The standard InChI is InChI=1S/C12H23N3O5/c1-20-10(8-11(17)18)9-13-12(19)15-4-2-14(3-5-15)6-7-16/h10,16H,2-9H2,1H3,(H,13,19)(H,17,18). The Balaban J connectivity index is 2.27. The van der Waals surface area contributed by atoms with Crippen molar-refractivity contribution in [3.8, 4) is 0 Å². The fourth-order valence-electron chi connectivity index (χ4n) is 2.06. The number of β-amino-alcohol motifs (C(OH)–C–C–N with tert-alkyl or cyclic N) is 1. The van der Waals surface area contributed by atoms with Crippen molar-refractivity contribution in [3.05, 3.63) is 0 Å². The summed E-state index contributed by atoms with van der Waals surface area (Å²) in [4.78, 5) is 26.3. The number of carbonyl (C=O) groups excluding carboxylic acids is 1. The predicted molar refractivity (Wildman–Crippen MR) is 71.5 cm³/mol. The van der Waals surface area contributed by atoms with E-state index < -0.39 is 12.1 Å². The molecule has 0 aromatic carbocycles. The minimum absolute atomic E-state index is 0.122. The Morgan fingerprint density at radius 2 is 1.95 bits per heavy atom. The highest BCUT2D eigenvalue weighted by atomic mass is 16.5. The number of carbonyl (C=O) groups is 2. The number of aliphatic carboxylic acids is 1. The van der Waals surface area contributed by atoms with E-state index in [1.54, 1.807) is 4.90 Å². The lowest BCUT2D eigenvalue weighted by Gasteiger charge is -2.34. The van der Waals surface area contributed by atoms with Gasteiger partial charge in [-0.15, -0.1) is 0 Å². The predicted octanol–water partition coefficient (Wildman–Crippen LogP) is -1.20. The van der Waals surface area contributed by atoms with Gasteiger partial charge in [-0.3, -0.25) is 9.69 Å². The summed E-state index contributed by atoms with van der Waals surface area (Å²) in [6, 6.07) is -0.207. The lowest BCUT2D eigenvalue weighted by molar-refractivity contribution is -0.139. The van der Waals surface area contributed by atoms with Crippen LogP contribution in [0.4, 0.5) is 4.79 Å². The molecule has 0 aromatic rings. The van der Waals surface area contributed by atoms with Crippen molar-refractivity contribution in [1.82, 2.24) is 15.1 Å². The van der Waals surface area contributed by atoms with Crippen molar-refractivity contribution >= 4 is 12.0 Å². The summed E-state index contributed by atoms with van der Waals surface area (Å²) in [6.45, 7) is 3.59. The van der Waals surface area contributed by atoms with Crippen LogP contribution in [0.25, 0.3) is 0 Å². The molecule has 1 rings (SSSR count). The number of methoxy groups -OCH3 is 1. The molecule has 0 spiro atoms. The molecular formula is C12H23N3O5. The van der Waals surface area contributed by atoms with Crippen LogP contribution in [-0.2, 0) is 9.53 Å². The van der Waals surface area contributed by atoms with Crippen LogP contribution in [0, 0.1) is 0 Å². The quantitative estimate of drug-likeness (QED) is 0.544. The van der Waals surface area contributed by atoms with Gasteiger partial charge in [0, 0.05) is 46.4 Å². The number of aliphatic hydroxyl groups excluding tert-OH is 1. The molecule has 1 fully saturated rings. The van der Waals surface area contributed by atoms with Gasteiger partial charge in [-0.25, -0.2) is 4.79 Å². The number of hydrogen-bond acceptors (Lipinski definition) is 5. The zero-order chi connectivity index (χ0) is 15.0. The number of urea groups is 1. The Labute approximate surface area is 118 Å². The normalized spacial score (nSPS) is 17.8. The molecule has 116 valence electrons. The molecule has 8 heteroatoms. The third kappa shape index (κ3) is 5.72. The van der Waals surface area contributed by atoms with E-state index in [2.05, 4.69) is 10.2 Å². The van der Waals surface area contributed by atoms with Gasteiger partial charge < -0.3 is 25.2 Å². The highest BCUT2D eigenvalue weighted by Crippen LogP contribution is 2.02. The molecule has 8 nitrogen and oxygen atoms in total. The third-order valence-electron chi connectivity index (χ3n) is 3.29. The van der Waals surface area contributed by atoms with Crippen LogP contribution in [0.2, 0.25) is 0 Å². The van der Waals surface area contributed by atoms with Crippen LogP contribution in [0.5, 0.6) is 0 Å². The molecule has 0 radical (unpaired) electrons. The first-order valence-electron chi connectivity index (χ1n) is 6.67. The summed E-state index contributed by atoms with van der Waals surface area (Å²) in [5.74, 6) is -0.955. The van der Waals surface area contributed by atoms with Gasteiger partial charge in [0.25, 0.3) is 0 Å². The maximum absolute atomic E-state index is 11.9. The number of amides is 2. The second-order valence-corrected chi connectivity index (χ2v) is 4.69. The van der Waals surface area contributed by atoms with Crippen molar-refractivity contribution in [2.24, 2.45) is 0 Å². The number of carboxylic acids is 1. The van der Waals surface area contributed by atoms with Crippen LogP contribution in [0.15, 0.2) is 0 Å². The van der Waals surface area contributed by atoms with E-state index in [0.717, 1.165) is 13.1 Å². The minimum atomic E-state index is -0.955. The highest BCUT2D eigenvalue weighted by molar-refractivity contribution is 5.74. The molecule has 0 bridgehead atoms. The molecule has 0 aliphatic carbocycles. The summed E-state index contributed by atoms with van der Waals surface area (Å²) in [5, 5.41) is 20.2. The lowest BCUT2D eigenvalue weighted by Crippen LogP contribution is -2.53. The third-order valence-corrected chi connectivity index (χ3v) is 3.29. The summed E-state index contributed by atoms with van der Waals surface area (Å²) in [6.07, 6.45) is -0.659. The van der Waals surface area contributed by atoms with E-state index in [1.807, 2.05) is 0 Å². The Bertz CT molecular complexity index is 318. The van der Waals surface area contributed by atoms with Gasteiger partial charge >= 0.3 is 12.0 Å². The van der Waals surface area contributed by atoms with Gasteiger partial charge in [-0.2, -0.15) is 0 Å². The molecule has 1 aliphatic rings. The molecule has 1 heterocycles. The van der Waals surface area contributed by atoms with E-state index in [1.165, 1.54) is 7.11 Å². The number of aliphatic hydroxyl groups is 1. The second kappa shape index (κ2) is 8.72. The highest BCUT2D eigenvalue weighted by Gasteiger charge is 2.21. The zero-order valence-corrected chi connectivity index (χ0v) is 11.7. The Morgan fingerprint density at radius 3 is 2.45 bits per heavy atom. The fourth-order valence-corrected chi connectivity index (χ4v) is 2.06. The lowest BCUT2D eigenvalue weighted by atomic mass is 10.2. The number of piperazine rings is 1. The number of carboxylic acid groups (broad SMARTS) is 1. The minimum Gasteiger partial charge on any atom is -0.481 e. The first-order chi connectivity index (χ1) is 9.56. The molecule has 20 heavy (non-hydrogen) atoms. The maximum Gasteiger partial charge on any atom is 0.317 e. The largest absolute Gasteiger partial charge is 0.481 e. The molecular weight excluding hydrogens is 266 g/mol. The average Bonchev–Trinajstić information content (AvgIpc) is 2.44. The van der Waals surface area contributed by atoms with Crippen molar-refractivity contribution < 1.29 is 24.5 Å². The van der Waals surface area contributed by atoms with Crippen LogP contribution in [-0.4, -0.2) is 91.1 Å². The summed E-state index contributed by atoms with van der Waals surface area (Å²) in [7, 11) is 1.42. The van der Waals surface area contributed by atoms with Crippen LogP contribution < -0.4 is 5.32 Å². The molecule has 1 unspecified atom stereocenters. The molecule has 3 N–H and O–H groups in total. The van der Waals surface area contributed by atoms with E-state index in [9.17, 15) is 9.59 Å². The number of rotatable bonds is 7. The first-order valence-corrected chi connectivity index (χ1v) is 6.67. The summed E-state index contributed by atoms with van der Waals surface area (Å²) < 4.78 is 5.00. The van der Waals surface area contributed by atoms with E-state index in [0.29, 0.717) is 19.6 Å². The Morgan fingerprint density at radius 1 is 1.30 bits per heavy atom. The van der Waals surface area contributed by atoms with E-state index in [-0.39, 0.29) is 25.6 Å². The molecule has 0 saturated carbocycles. The van der Waals surface area contributed by atoms with Gasteiger partial charge in [0.2, 0.25) is 0 Å². The van der Waals surface area contributed by atoms with Crippen LogP contribution in [0.3, 0.4) is 0 Å². The molecule has 1 aliphatic heterocycles. The van der Waals surface area contributed by atoms with Crippen LogP contribution in [0.1, 0.15) is 6.42 Å². The Kier molecular flexibility index (Phi) is 7.27. The fraction of sp³-hybridized carbons (Fsp3) is 0.833. The maximum atomic E-state index is 11.9. The zero-order valence-electron chi connectivity index (χ0n) is 11.7. The van der Waals surface area contributed by atoms with Gasteiger partial charge in [-0.1, -0.05) is 0 Å². The smallest absolute Gasteiger partial charge is 0.317 e. The Hall–Kier alpha value is -1.38. The summed E-state index contributed by atoms with van der Waals surface area (Å²) >= 11 is 0. The number of nitrogens with zero attached hydrogens (tertiary/aromatic N) is 2. The van der Waals surface area contributed by atoms with E-state index >= 15 is 0 Å². The topological polar surface area (TPSA) is 102 Å². The SMILES string of the molecule is COC(CNC(=O)N1CCN(CCO)CC1)CC(=O)O. The van der Waals surface area contributed by atoms with Gasteiger partial charge in [0.15, 0.2) is 0 Å². The molecule has 2 amide bonds. The van der Waals surface area contributed by atoms with Gasteiger partial charge in [0.05, 0.1) is 19.1 Å². The van der Waals surface area contributed by atoms with Crippen molar-refractivity contribution in [2.75, 3.05) is 53.0 Å². The van der Waals surface area contributed by atoms with Crippen molar-refractivity contribution in [1.29, 1.82) is 0 Å². The number of hydrogen-bond donors (Lipinski definition) is 3. The molecule has 1 saturated heterocycles. The average molecular weight is 289 g/mol. The van der Waals surface area contributed by atoms with Crippen LogP contribution >= 0.6 is 0 Å². The van der Waals surface area contributed by atoms with Gasteiger partial charge in [-0.05, 0) is 0 Å². The summed E-state index contributed by atoms with van der Waals surface area (Å²) in [5.41, 5.74) is 0. The number of ether oxygens (including phenoxy) is 1.